The Balaban J connectivity index is 3.06. The van der Waals surface area contributed by atoms with Crippen LogP contribution in [0.4, 0.5) is 0 Å². The highest BCUT2D eigenvalue weighted by Gasteiger charge is 1.96. The smallest absolute Gasteiger partial charge is 0.303 e. The lowest BCUT2D eigenvalue weighted by atomic mass is 10.1. The van der Waals surface area contributed by atoms with Gasteiger partial charge >= 0.3 is 5.97 Å². The van der Waals surface area contributed by atoms with Crippen LogP contribution in [-0.2, 0) is 4.79 Å². The van der Waals surface area contributed by atoms with E-state index in [0.29, 0.717) is 6.42 Å². The van der Waals surface area contributed by atoms with Gasteiger partial charge in [-0.05, 0) is 19.3 Å². The SMILES string of the molecule is CCCCCC#CCCCCCCCCCCCCC(=O)O. The van der Waals surface area contributed by atoms with Crippen LogP contribution in [0.1, 0.15) is 110 Å². The topological polar surface area (TPSA) is 37.3 Å². The average molecular weight is 309 g/mol. The first-order valence-electron chi connectivity index (χ1n) is 9.45. The van der Waals surface area contributed by atoms with Crippen molar-refractivity contribution in [3.8, 4) is 11.8 Å². The van der Waals surface area contributed by atoms with Gasteiger partial charge in [-0.2, -0.15) is 0 Å². The molecule has 0 saturated heterocycles. The maximum atomic E-state index is 10.4. The van der Waals surface area contributed by atoms with Crippen LogP contribution in [0.25, 0.3) is 0 Å². The zero-order chi connectivity index (χ0) is 16.3. The molecule has 0 aliphatic carbocycles. The van der Waals surface area contributed by atoms with Crippen LogP contribution in [0.5, 0.6) is 0 Å². The quantitative estimate of drug-likeness (QED) is 0.283. The molecule has 0 spiro atoms. The first-order valence-corrected chi connectivity index (χ1v) is 9.45. The molecule has 0 atom stereocenters. The maximum absolute atomic E-state index is 10.4. The van der Waals surface area contributed by atoms with Crippen molar-refractivity contribution in [1.82, 2.24) is 0 Å². The van der Waals surface area contributed by atoms with Crippen LogP contribution >= 0.6 is 0 Å². The predicted molar refractivity (Wildman–Crippen MR) is 95.0 cm³/mol. The van der Waals surface area contributed by atoms with Crippen LogP contribution in [-0.4, -0.2) is 11.1 Å². The summed E-state index contributed by atoms with van der Waals surface area (Å²) in [6.45, 7) is 2.23. The zero-order valence-corrected chi connectivity index (χ0v) is 14.7. The Morgan fingerprint density at radius 3 is 1.55 bits per heavy atom. The van der Waals surface area contributed by atoms with Crippen LogP contribution in [0.3, 0.4) is 0 Å². The zero-order valence-electron chi connectivity index (χ0n) is 14.7. The van der Waals surface area contributed by atoms with Crippen LogP contribution in [0, 0.1) is 11.8 Å². The Morgan fingerprint density at radius 1 is 0.682 bits per heavy atom. The molecule has 2 heteroatoms. The summed E-state index contributed by atoms with van der Waals surface area (Å²) in [5.74, 6) is 5.91. The molecule has 0 radical (unpaired) electrons. The number of rotatable bonds is 15. The standard InChI is InChI=1S/C20H36O2/c1-2-3-4-5-6-7-8-9-10-11-12-13-14-15-16-17-18-19-20(21)22/h2-5,8-19H2,1H3,(H,21,22). The second-order valence-corrected chi connectivity index (χ2v) is 6.24. The summed E-state index contributed by atoms with van der Waals surface area (Å²) in [4.78, 5) is 10.4. The van der Waals surface area contributed by atoms with E-state index in [1.807, 2.05) is 0 Å². The highest BCUT2D eigenvalue weighted by Crippen LogP contribution is 2.11. The molecule has 128 valence electrons. The minimum Gasteiger partial charge on any atom is -0.481 e. The monoisotopic (exact) mass is 308 g/mol. The van der Waals surface area contributed by atoms with Gasteiger partial charge in [-0.3, -0.25) is 4.79 Å². The van der Waals surface area contributed by atoms with E-state index in [-0.39, 0.29) is 0 Å². The number of carboxylic acids is 1. The third kappa shape index (κ3) is 19.0. The van der Waals surface area contributed by atoms with Gasteiger partial charge in [0.15, 0.2) is 0 Å². The fraction of sp³-hybridized carbons (Fsp3) is 0.850. The van der Waals surface area contributed by atoms with E-state index in [1.165, 1.54) is 70.6 Å². The maximum Gasteiger partial charge on any atom is 0.303 e. The molecule has 0 rings (SSSR count). The molecule has 0 fully saturated rings. The number of hydrogen-bond donors (Lipinski definition) is 1. The molecule has 0 aliphatic heterocycles. The minimum atomic E-state index is -0.661. The summed E-state index contributed by atoms with van der Waals surface area (Å²) in [6, 6.07) is 0. The average Bonchev–Trinajstić information content (AvgIpc) is 2.50. The largest absolute Gasteiger partial charge is 0.481 e. The molecule has 0 aromatic rings. The second-order valence-electron chi connectivity index (χ2n) is 6.24. The molecule has 1 N–H and O–H groups in total. The summed E-state index contributed by atoms with van der Waals surface area (Å²) in [7, 11) is 0. The van der Waals surface area contributed by atoms with Gasteiger partial charge < -0.3 is 5.11 Å². The third-order valence-electron chi connectivity index (χ3n) is 3.97. The lowest BCUT2D eigenvalue weighted by Crippen LogP contribution is -1.93. The van der Waals surface area contributed by atoms with E-state index in [9.17, 15) is 4.79 Å². The Kier molecular flexibility index (Phi) is 17.3. The molecular formula is C20H36O2. The van der Waals surface area contributed by atoms with E-state index in [1.54, 1.807) is 0 Å². The van der Waals surface area contributed by atoms with Gasteiger partial charge in [-0.25, -0.2) is 0 Å². The van der Waals surface area contributed by atoms with Crippen molar-refractivity contribution in [3.63, 3.8) is 0 Å². The minimum absolute atomic E-state index is 0.335. The molecule has 22 heavy (non-hydrogen) atoms. The van der Waals surface area contributed by atoms with Gasteiger partial charge in [0.2, 0.25) is 0 Å². The van der Waals surface area contributed by atoms with E-state index in [0.717, 1.165) is 25.7 Å². The Labute approximate surface area is 138 Å². The fourth-order valence-corrected chi connectivity index (χ4v) is 2.54. The van der Waals surface area contributed by atoms with Crippen molar-refractivity contribution in [2.24, 2.45) is 0 Å². The molecule has 0 unspecified atom stereocenters. The molecule has 0 aromatic heterocycles. The Bertz CT molecular complexity index is 299. The van der Waals surface area contributed by atoms with Crippen molar-refractivity contribution in [2.45, 2.75) is 110 Å². The van der Waals surface area contributed by atoms with Gasteiger partial charge in [0.1, 0.15) is 0 Å². The summed E-state index contributed by atoms with van der Waals surface area (Å²) in [5.41, 5.74) is 0. The molecule has 0 saturated carbocycles. The number of carboxylic acid groups (broad SMARTS) is 1. The van der Waals surface area contributed by atoms with Gasteiger partial charge in [-0.1, -0.05) is 71.1 Å². The molecule has 0 aliphatic rings. The van der Waals surface area contributed by atoms with E-state index < -0.39 is 5.97 Å². The molecule has 0 bridgehead atoms. The number of aliphatic carboxylic acids is 1. The van der Waals surface area contributed by atoms with Gasteiger partial charge in [0.25, 0.3) is 0 Å². The normalized spacial score (nSPS) is 10.2. The molecule has 0 amide bonds. The van der Waals surface area contributed by atoms with E-state index in [4.69, 9.17) is 5.11 Å². The van der Waals surface area contributed by atoms with Crippen molar-refractivity contribution in [3.05, 3.63) is 0 Å². The van der Waals surface area contributed by atoms with Crippen LogP contribution in [0.15, 0.2) is 0 Å². The molecule has 0 heterocycles. The van der Waals surface area contributed by atoms with Crippen molar-refractivity contribution in [2.75, 3.05) is 0 Å². The van der Waals surface area contributed by atoms with Crippen molar-refractivity contribution >= 4 is 5.97 Å². The summed E-state index contributed by atoms with van der Waals surface area (Å²) in [5, 5.41) is 8.53. The van der Waals surface area contributed by atoms with Gasteiger partial charge in [0.05, 0.1) is 0 Å². The summed E-state index contributed by atoms with van der Waals surface area (Å²) < 4.78 is 0. The highest BCUT2D eigenvalue weighted by molar-refractivity contribution is 5.66. The molecule has 2 nitrogen and oxygen atoms in total. The van der Waals surface area contributed by atoms with Gasteiger partial charge in [-0.15, -0.1) is 11.8 Å². The number of carbonyl (C=O) groups is 1. The van der Waals surface area contributed by atoms with Crippen molar-refractivity contribution < 1.29 is 9.90 Å². The molecular weight excluding hydrogens is 272 g/mol. The summed E-state index contributed by atoms with van der Waals surface area (Å²) >= 11 is 0. The first kappa shape index (κ1) is 21.0. The molecule has 0 aromatic carbocycles. The number of unbranched alkanes of at least 4 members (excludes halogenated alkanes) is 13. The van der Waals surface area contributed by atoms with Gasteiger partial charge in [0, 0.05) is 19.3 Å². The van der Waals surface area contributed by atoms with Crippen LogP contribution in [0.2, 0.25) is 0 Å². The van der Waals surface area contributed by atoms with Crippen LogP contribution < -0.4 is 0 Å². The lowest BCUT2D eigenvalue weighted by molar-refractivity contribution is -0.137. The number of hydrogen-bond acceptors (Lipinski definition) is 1. The summed E-state index contributed by atoms with van der Waals surface area (Å²) in [6.07, 6.45) is 18.6. The fourth-order valence-electron chi connectivity index (χ4n) is 2.54. The second kappa shape index (κ2) is 18.1. The Hall–Kier alpha value is -0.970. The Morgan fingerprint density at radius 2 is 1.09 bits per heavy atom. The lowest BCUT2D eigenvalue weighted by Gasteiger charge is -2.01. The van der Waals surface area contributed by atoms with E-state index in [2.05, 4.69) is 18.8 Å². The first-order chi connectivity index (χ1) is 10.8. The third-order valence-corrected chi connectivity index (χ3v) is 3.97. The highest BCUT2D eigenvalue weighted by atomic mass is 16.4. The van der Waals surface area contributed by atoms with E-state index >= 15 is 0 Å². The predicted octanol–water partition coefficient (Wildman–Crippen LogP) is 6.34. The van der Waals surface area contributed by atoms with Crippen molar-refractivity contribution in [1.29, 1.82) is 0 Å².